The van der Waals surface area contributed by atoms with Crippen LogP contribution < -0.4 is 4.90 Å². The van der Waals surface area contributed by atoms with Crippen molar-refractivity contribution in [3.05, 3.63) is 75.3 Å². The van der Waals surface area contributed by atoms with Crippen LogP contribution in [0.5, 0.6) is 0 Å². The predicted octanol–water partition coefficient (Wildman–Crippen LogP) is 2.65. The number of aryl methyl sites for hydroxylation is 1. The number of nitrogens with zero attached hydrogens (tertiary/aromatic N) is 2. The fraction of sp³-hybridized carbons (Fsp3) is 0.278. The molecule has 2 aromatic carbocycles. The Morgan fingerprint density at radius 1 is 1.20 bits per heavy atom. The van der Waals surface area contributed by atoms with Crippen LogP contribution in [0.3, 0.4) is 0 Å². The standard InChI is InChI=1S/C18H18N2O5/c1-11-7-9-13(10-8-11)18(22)19-12(2)16(21)17(25-20(23)24)14-5-3-4-6-15(14)19/h3-10,12,16-17,21H,1-2H3/t12-,16-,17+/m0/s1. The van der Waals surface area contributed by atoms with Crippen LogP contribution in [0.1, 0.15) is 34.5 Å². The molecular formula is C18H18N2O5. The van der Waals surface area contributed by atoms with Gasteiger partial charge in [0.1, 0.15) is 6.10 Å². The van der Waals surface area contributed by atoms with Crippen molar-refractivity contribution in [2.45, 2.75) is 32.1 Å². The van der Waals surface area contributed by atoms with Gasteiger partial charge in [0.25, 0.3) is 11.0 Å². The van der Waals surface area contributed by atoms with E-state index in [1.807, 2.05) is 19.1 Å². The number of para-hydroxylation sites is 1. The lowest BCUT2D eigenvalue weighted by Gasteiger charge is -2.41. The van der Waals surface area contributed by atoms with E-state index in [1.54, 1.807) is 43.3 Å². The summed E-state index contributed by atoms with van der Waals surface area (Å²) < 4.78 is 0. The first-order valence-electron chi connectivity index (χ1n) is 7.88. The van der Waals surface area contributed by atoms with Crippen molar-refractivity contribution in [2.24, 2.45) is 0 Å². The van der Waals surface area contributed by atoms with Crippen molar-refractivity contribution in [1.82, 2.24) is 0 Å². The lowest BCUT2D eigenvalue weighted by Crippen LogP contribution is -2.52. The second-order valence-corrected chi connectivity index (χ2v) is 6.08. The number of hydrogen-bond acceptors (Lipinski definition) is 5. The first kappa shape index (κ1) is 16.9. The van der Waals surface area contributed by atoms with Gasteiger partial charge in [-0.15, -0.1) is 10.1 Å². The molecule has 0 bridgehead atoms. The summed E-state index contributed by atoms with van der Waals surface area (Å²) in [6.07, 6.45) is -2.36. The summed E-state index contributed by atoms with van der Waals surface area (Å²) in [6, 6.07) is 13.2. The molecule has 1 heterocycles. The molecule has 0 spiro atoms. The highest BCUT2D eigenvalue weighted by molar-refractivity contribution is 6.07. The molecule has 0 fully saturated rings. The van der Waals surface area contributed by atoms with Gasteiger partial charge in [-0.25, -0.2) is 0 Å². The molecule has 130 valence electrons. The van der Waals surface area contributed by atoms with Gasteiger partial charge in [0.05, 0.1) is 6.04 Å². The van der Waals surface area contributed by atoms with Crippen molar-refractivity contribution in [1.29, 1.82) is 0 Å². The van der Waals surface area contributed by atoms with E-state index in [0.29, 0.717) is 16.8 Å². The molecule has 0 saturated carbocycles. The minimum atomic E-state index is -1.23. The minimum Gasteiger partial charge on any atom is -0.388 e. The second-order valence-electron chi connectivity index (χ2n) is 6.08. The Morgan fingerprint density at radius 2 is 1.84 bits per heavy atom. The summed E-state index contributed by atoms with van der Waals surface area (Å²) in [7, 11) is 0. The van der Waals surface area contributed by atoms with Crippen LogP contribution >= 0.6 is 0 Å². The van der Waals surface area contributed by atoms with Gasteiger partial charge in [0.15, 0.2) is 6.10 Å². The fourth-order valence-electron chi connectivity index (χ4n) is 3.10. The van der Waals surface area contributed by atoms with E-state index in [9.17, 15) is 20.0 Å². The number of aliphatic hydroxyl groups excluding tert-OH is 1. The number of benzene rings is 2. The molecule has 3 atom stereocenters. The van der Waals surface area contributed by atoms with Crippen LogP contribution in [0, 0.1) is 17.0 Å². The van der Waals surface area contributed by atoms with Crippen molar-refractivity contribution in [2.75, 3.05) is 4.90 Å². The highest BCUT2D eigenvalue weighted by atomic mass is 17.0. The molecule has 25 heavy (non-hydrogen) atoms. The molecule has 1 aliphatic heterocycles. The Labute approximate surface area is 144 Å². The molecule has 0 unspecified atom stereocenters. The number of carbonyl (C=O) groups is 1. The van der Waals surface area contributed by atoms with Gasteiger partial charge in [-0.3, -0.25) is 4.79 Å². The van der Waals surface area contributed by atoms with Gasteiger partial charge in [-0.05, 0) is 32.0 Å². The van der Waals surface area contributed by atoms with Gasteiger partial charge in [0.2, 0.25) is 0 Å². The maximum Gasteiger partial charge on any atom is 0.295 e. The Morgan fingerprint density at radius 3 is 2.48 bits per heavy atom. The quantitative estimate of drug-likeness (QED) is 0.684. The Bertz CT molecular complexity index is 805. The van der Waals surface area contributed by atoms with Crippen LogP contribution in [0.15, 0.2) is 48.5 Å². The Kier molecular flexibility index (Phi) is 4.41. The molecule has 1 aliphatic rings. The van der Waals surface area contributed by atoms with Gasteiger partial charge < -0.3 is 14.8 Å². The fourth-order valence-corrected chi connectivity index (χ4v) is 3.10. The van der Waals surface area contributed by atoms with Crippen molar-refractivity contribution >= 4 is 11.6 Å². The summed E-state index contributed by atoms with van der Waals surface area (Å²) in [5, 5.41) is 20.4. The van der Waals surface area contributed by atoms with E-state index in [2.05, 4.69) is 4.84 Å². The number of anilines is 1. The van der Waals surface area contributed by atoms with Crippen LogP contribution in [-0.4, -0.2) is 28.2 Å². The van der Waals surface area contributed by atoms with Gasteiger partial charge in [0, 0.05) is 16.8 Å². The molecule has 7 heteroatoms. The average molecular weight is 342 g/mol. The molecule has 0 aromatic heterocycles. The van der Waals surface area contributed by atoms with E-state index < -0.39 is 23.3 Å². The first-order valence-corrected chi connectivity index (χ1v) is 7.88. The molecule has 1 amide bonds. The highest BCUT2D eigenvalue weighted by Gasteiger charge is 2.42. The van der Waals surface area contributed by atoms with Crippen molar-refractivity contribution in [3.63, 3.8) is 0 Å². The summed E-state index contributed by atoms with van der Waals surface area (Å²) in [5.41, 5.74) is 2.42. The van der Waals surface area contributed by atoms with E-state index >= 15 is 0 Å². The molecule has 1 N–H and O–H groups in total. The maximum absolute atomic E-state index is 13.0. The van der Waals surface area contributed by atoms with Crippen LogP contribution in [-0.2, 0) is 4.84 Å². The summed E-state index contributed by atoms with van der Waals surface area (Å²) in [4.78, 5) is 29.9. The largest absolute Gasteiger partial charge is 0.388 e. The Hall–Kier alpha value is -2.93. The SMILES string of the molecule is Cc1ccc(C(=O)N2c3ccccc3[C@@H](O[N+](=O)[O-])[C@@H](O)[C@@H]2C)cc1. The zero-order valence-corrected chi connectivity index (χ0v) is 13.8. The number of hydrogen-bond donors (Lipinski definition) is 1. The maximum atomic E-state index is 13.0. The molecular weight excluding hydrogens is 324 g/mol. The van der Waals surface area contributed by atoms with Crippen LogP contribution in [0.4, 0.5) is 5.69 Å². The number of rotatable bonds is 3. The van der Waals surface area contributed by atoms with E-state index in [-0.39, 0.29) is 5.91 Å². The third-order valence-corrected chi connectivity index (χ3v) is 4.43. The number of aliphatic hydroxyl groups is 1. The predicted molar refractivity (Wildman–Crippen MR) is 90.7 cm³/mol. The summed E-state index contributed by atoms with van der Waals surface area (Å²) in [6.45, 7) is 3.57. The number of amides is 1. The first-order chi connectivity index (χ1) is 11.9. The monoisotopic (exact) mass is 342 g/mol. The van der Waals surface area contributed by atoms with Gasteiger partial charge >= 0.3 is 0 Å². The lowest BCUT2D eigenvalue weighted by atomic mass is 9.90. The van der Waals surface area contributed by atoms with Gasteiger partial charge in [-0.1, -0.05) is 35.9 Å². The molecule has 0 aliphatic carbocycles. The Balaban J connectivity index is 2.05. The second kappa shape index (κ2) is 6.52. The highest BCUT2D eigenvalue weighted by Crippen LogP contribution is 2.40. The molecule has 2 aromatic rings. The average Bonchev–Trinajstić information content (AvgIpc) is 2.59. The normalized spacial score (nSPS) is 22.2. The van der Waals surface area contributed by atoms with E-state index in [1.165, 1.54) is 4.90 Å². The van der Waals surface area contributed by atoms with E-state index in [0.717, 1.165) is 5.56 Å². The topological polar surface area (TPSA) is 92.9 Å². The number of fused-ring (bicyclic) bond motifs is 1. The molecule has 0 saturated heterocycles. The van der Waals surface area contributed by atoms with Crippen molar-refractivity contribution in [3.8, 4) is 0 Å². The smallest absolute Gasteiger partial charge is 0.295 e. The lowest BCUT2D eigenvalue weighted by molar-refractivity contribution is -0.773. The summed E-state index contributed by atoms with van der Waals surface area (Å²) in [5.74, 6) is -0.279. The number of carbonyl (C=O) groups excluding carboxylic acids is 1. The third kappa shape index (κ3) is 3.06. The summed E-state index contributed by atoms with van der Waals surface area (Å²) >= 11 is 0. The molecule has 3 rings (SSSR count). The zero-order chi connectivity index (χ0) is 18.1. The van der Waals surface area contributed by atoms with Crippen LogP contribution in [0.2, 0.25) is 0 Å². The van der Waals surface area contributed by atoms with Gasteiger partial charge in [-0.2, -0.15) is 0 Å². The van der Waals surface area contributed by atoms with Crippen molar-refractivity contribution < 1.29 is 19.8 Å². The molecule has 7 nitrogen and oxygen atoms in total. The van der Waals surface area contributed by atoms with Crippen LogP contribution in [0.25, 0.3) is 0 Å². The zero-order valence-electron chi connectivity index (χ0n) is 13.8. The third-order valence-electron chi connectivity index (χ3n) is 4.43. The minimum absolute atomic E-state index is 0.279. The van der Waals surface area contributed by atoms with E-state index in [4.69, 9.17) is 0 Å². The molecule has 0 radical (unpaired) electrons.